The van der Waals surface area contributed by atoms with Crippen LogP contribution in [0, 0.1) is 0 Å². The van der Waals surface area contributed by atoms with Crippen molar-refractivity contribution in [2.45, 2.75) is 6.92 Å². The summed E-state index contributed by atoms with van der Waals surface area (Å²) < 4.78 is 15.7. The molecule has 2 N–H and O–H groups in total. The van der Waals surface area contributed by atoms with Crippen LogP contribution < -0.4 is 15.0 Å². The predicted octanol–water partition coefficient (Wildman–Crippen LogP) is 3.32. The third-order valence-corrected chi connectivity index (χ3v) is 3.12. The Morgan fingerprint density at radius 2 is 1.96 bits per heavy atom. The van der Waals surface area contributed by atoms with Gasteiger partial charge in [-0.25, -0.2) is 9.98 Å². The van der Waals surface area contributed by atoms with Crippen molar-refractivity contribution in [1.29, 1.82) is 0 Å². The highest BCUT2D eigenvalue weighted by molar-refractivity contribution is 5.99. The fourth-order valence-electron chi connectivity index (χ4n) is 2.00. The van der Waals surface area contributed by atoms with Gasteiger partial charge < -0.3 is 14.0 Å². The van der Waals surface area contributed by atoms with Crippen LogP contribution in [0.2, 0.25) is 0 Å². The number of aliphatic imine (C=N–C) groups is 1. The van der Waals surface area contributed by atoms with E-state index >= 15 is 0 Å². The molecule has 0 spiro atoms. The average Bonchev–Trinajstić information content (AvgIpc) is 3.16. The molecule has 0 aliphatic carbocycles. The molecule has 8 heteroatoms. The van der Waals surface area contributed by atoms with Gasteiger partial charge in [-0.15, -0.1) is 0 Å². The number of rotatable bonds is 6. The van der Waals surface area contributed by atoms with E-state index < -0.39 is 0 Å². The minimum atomic E-state index is 0.189. The van der Waals surface area contributed by atoms with Gasteiger partial charge in [-0.2, -0.15) is 0 Å². The van der Waals surface area contributed by atoms with Gasteiger partial charge in [0.15, 0.2) is 11.7 Å². The molecule has 0 bridgehead atoms. The highest BCUT2D eigenvalue weighted by atomic mass is 16.5. The van der Waals surface area contributed by atoms with Gasteiger partial charge in [0.1, 0.15) is 17.8 Å². The molecule has 0 saturated heterocycles. The number of pyridine rings is 1. The molecule has 0 atom stereocenters. The Morgan fingerprint density at radius 1 is 1.16 bits per heavy atom. The molecule has 1 aromatic carbocycles. The quantitative estimate of drug-likeness (QED) is 0.403. The number of aromatic nitrogens is 2. The molecule has 0 aliphatic heterocycles. The topological polar surface area (TPSA) is 102 Å². The summed E-state index contributed by atoms with van der Waals surface area (Å²) in [5, 5.41) is 12.9. The van der Waals surface area contributed by atoms with Crippen LogP contribution in [-0.4, -0.2) is 27.8 Å². The third kappa shape index (κ3) is 4.33. The summed E-state index contributed by atoms with van der Waals surface area (Å²) in [6, 6.07) is 12.2. The lowest BCUT2D eigenvalue weighted by Gasteiger charge is -2.08. The van der Waals surface area contributed by atoms with E-state index in [4.69, 9.17) is 14.0 Å². The van der Waals surface area contributed by atoms with Gasteiger partial charge in [-0.05, 0) is 37.3 Å². The van der Waals surface area contributed by atoms with Crippen LogP contribution in [-0.2, 0) is 0 Å². The lowest BCUT2D eigenvalue weighted by atomic mass is 10.2. The first-order valence-corrected chi connectivity index (χ1v) is 7.55. The largest absolute Gasteiger partial charge is 0.494 e. The van der Waals surface area contributed by atoms with E-state index in [0.29, 0.717) is 29.6 Å². The van der Waals surface area contributed by atoms with Crippen molar-refractivity contribution in [2.24, 2.45) is 4.99 Å². The molecule has 0 radical (unpaired) electrons. The van der Waals surface area contributed by atoms with Crippen molar-refractivity contribution >= 4 is 11.7 Å². The van der Waals surface area contributed by atoms with Crippen LogP contribution in [0.3, 0.4) is 0 Å². The van der Waals surface area contributed by atoms with Crippen molar-refractivity contribution in [2.75, 3.05) is 6.61 Å². The van der Waals surface area contributed by atoms with E-state index in [1.807, 2.05) is 24.5 Å². The Morgan fingerprint density at radius 3 is 2.56 bits per heavy atom. The Hall–Kier alpha value is -3.39. The highest BCUT2D eigenvalue weighted by Gasteiger charge is 2.06. The van der Waals surface area contributed by atoms with E-state index in [9.17, 15) is 5.21 Å². The summed E-state index contributed by atoms with van der Waals surface area (Å²) in [5.41, 5.74) is 2.58. The number of hydroxylamine groups is 1. The van der Waals surface area contributed by atoms with E-state index in [-0.39, 0.29) is 5.84 Å². The van der Waals surface area contributed by atoms with Crippen LogP contribution in [0.15, 0.2) is 64.4 Å². The predicted molar refractivity (Wildman–Crippen MR) is 89.5 cm³/mol. The van der Waals surface area contributed by atoms with Crippen LogP contribution >= 0.6 is 0 Å². The number of nitrogens with zero attached hydrogens (tertiary/aromatic N) is 3. The van der Waals surface area contributed by atoms with Crippen molar-refractivity contribution in [3.8, 4) is 17.4 Å². The molecule has 8 nitrogen and oxygen atoms in total. The maximum Gasteiger partial charge on any atom is 0.219 e. The average molecular weight is 340 g/mol. The minimum absolute atomic E-state index is 0.189. The first kappa shape index (κ1) is 16.5. The summed E-state index contributed by atoms with van der Waals surface area (Å²) in [6.07, 6.45) is 2.91. The monoisotopic (exact) mass is 340 g/mol. The number of hydrogen-bond acceptors (Lipinski definition) is 7. The molecule has 0 saturated carbocycles. The fourth-order valence-corrected chi connectivity index (χ4v) is 2.00. The molecule has 25 heavy (non-hydrogen) atoms. The maximum absolute atomic E-state index is 9.24. The number of benzene rings is 1. The molecule has 3 rings (SSSR count). The smallest absolute Gasteiger partial charge is 0.219 e. The van der Waals surface area contributed by atoms with Gasteiger partial charge in [-0.3, -0.25) is 10.7 Å². The number of amidine groups is 1. The van der Waals surface area contributed by atoms with Gasteiger partial charge in [0.2, 0.25) is 5.88 Å². The standard InChI is InChI=1S/C17H16N4O4/c1-2-23-13-4-6-14(7-5-13)25-16-8-3-12(11-18-16)17(20-22)19-15-9-10-24-21-15/h3-11,22H,2H2,1H3,(H,19,20,21). The highest BCUT2D eigenvalue weighted by Crippen LogP contribution is 2.22. The van der Waals surface area contributed by atoms with Crippen molar-refractivity contribution in [3.05, 3.63) is 60.5 Å². The molecular formula is C17H16N4O4. The summed E-state index contributed by atoms with van der Waals surface area (Å²) in [5.74, 6) is 2.34. The minimum Gasteiger partial charge on any atom is -0.494 e. The van der Waals surface area contributed by atoms with E-state index in [1.54, 1.807) is 30.3 Å². The molecule has 0 amide bonds. The number of hydrogen-bond donors (Lipinski definition) is 2. The second-order valence-corrected chi connectivity index (χ2v) is 4.82. The van der Waals surface area contributed by atoms with E-state index in [2.05, 4.69) is 15.1 Å². The normalized spacial score (nSPS) is 11.2. The molecule has 2 heterocycles. The first-order chi connectivity index (χ1) is 12.3. The lowest BCUT2D eigenvalue weighted by Crippen LogP contribution is -2.20. The fraction of sp³-hybridized carbons (Fsp3) is 0.118. The van der Waals surface area contributed by atoms with Crippen LogP contribution in [0.5, 0.6) is 17.4 Å². The first-order valence-electron chi connectivity index (χ1n) is 7.55. The molecule has 0 unspecified atom stereocenters. The summed E-state index contributed by atoms with van der Waals surface area (Å²) in [4.78, 5) is 8.31. The second-order valence-electron chi connectivity index (χ2n) is 4.82. The zero-order chi connectivity index (χ0) is 17.5. The van der Waals surface area contributed by atoms with Crippen molar-refractivity contribution in [1.82, 2.24) is 15.6 Å². The number of ether oxygens (including phenoxy) is 2. The molecule has 2 aromatic heterocycles. The summed E-state index contributed by atoms with van der Waals surface area (Å²) in [7, 11) is 0. The van der Waals surface area contributed by atoms with Crippen LogP contribution in [0.25, 0.3) is 0 Å². The molecule has 128 valence electrons. The second kappa shape index (κ2) is 7.93. The van der Waals surface area contributed by atoms with Gasteiger partial charge in [0, 0.05) is 23.9 Å². The zero-order valence-electron chi connectivity index (χ0n) is 13.4. The SMILES string of the molecule is CCOc1ccc(Oc2ccc(C(=Nc3ccon3)NO)cn2)cc1. The Kier molecular flexibility index (Phi) is 5.22. The Bertz CT molecular complexity index is 815. The maximum atomic E-state index is 9.24. The summed E-state index contributed by atoms with van der Waals surface area (Å²) in [6.45, 7) is 2.54. The third-order valence-electron chi connectivity index (χ3n) is 3.12. The molecular weight excluding hydrogens is 324 g/mol. The van der Waals surface area contributed by atoms with Crippen LogP contribution in [0.4, 0.5) is 5.82 Å². The van der Waals surface area contributed by atoms with Gasteiger partial charge in [0.05, 0.1) is 6.61 Å². The van der Waals surface area contributed by atoms with E-state index in [1.165, 1.54) is 12.5 Å². The van der Waals surface area contributed by atoms with Crippen molar-refractivity contribution in [3.63, 3.8) is 0 Å². The Labute approximate surface area is 143 Å². The van der Waals surface area contributed by atoms with E-state index in [0.717, 1.165) is 5.75 Å². The van der Waals surface area contributed by atoms with Crippen molar-refractivity contribution < 1.29 is 19.2 Å². The number of nitrogens with one attached hydrogen (secondary N) is 1. The lowest BCUT2D eigenvalue weighted by molar-refractivity contribution is 0.235. The van der Waals surface area contributed by atoms with Crippen LogP contribution in [0.1, 0.15) is 12.5 Å². The van der Waals surface area contributed by atoms with Gasteiger partial charge >= 0.3 is 0 Å². The molecule has 0 fully saturated rings. The summed E-state index contributed by atoms with van der Waals surface area (Å²) >= 11 is 0. The molecule has 0 aliphatic rings. The Balaban J connectivity index is 1.71. The molecule has 3 aromatic rings. The zero-order valence-corrected chi connectivity index (χ0v) is 13.4. The van der Waals surface area contributed by atoms with Gasteiger partial charge in [0.25, 0.3) is 0 Å². The van der Waals surface area contributed by atoms with Gasteiger partial charge in [-0.1, -0.05) is 5.16 Å².